The van der Waals surface area contributed by atoms with Crippen LogP contribution < -0.4 is 0 Å². The summed E-state index contributed by atoms with van der Waals surface area (Å²) < 4.78 is 0. The number of thiophene rings is 1. The first-order valence-corrected chi connectivity index (χ1v) is 4.71. The quantitative estimate of drug-likeness (QED) is 0.603. The molecule has 1 aromatic rings. The smallest absolute Gasteiger partial charge is 0.0297 e. The first-order valence-electron chi connectivity index (χ1n) is 3.36. The third kappa shape index (κ3) is 1.74. The summed E-state index contributed by atoms with van der Waals surface area (Å²) in [6.45, 7) is 4.27. The number of alkyl halides is 1. The standard InChI is InChI=1S/C8H11ClS/c1-6(5-9)8-4-3-7(2)10-8/h3-4,6H,5H2,1-2H3. The van der Waals surface area contributed by atoms with E-state index in [1.54, 1.807) is 0 Å². The first kappa shape index (κ1) is 8.09. The molecule has 10 heavy (non-hydrogen) atoms. The fourth-order valence-corrected chi connectivity index (χ4v) is 1.98. The SMILES string of the molecule is Cc1ccc(C(C)CCl)s1. The Morgan fingerprint density at radius 2 is 2.30 bits per heavy atom. The molecule has 1 aromatic heterocycles. The van der Waals surface area contributed by atoms with Gasteiger partial charge in [0.15, 0.2) is 0 Å². The number of aryl methyl sites for hydroxylation is 1. The fraction of sp³-hybridized carbons (Fsp3) is 0.500. The first-order chi connectivity index (χ1) is 4.74. The number of hydrogen-bond donors (Lipinski definition) is 0. The van der Waals surface area contributed by atoms with Crippen molar-refractivity contribution in [3.05, 3.63) is 21.9 Å². The van der Waals surface area contributed by atoms with Crippen molar-refractivity contribution in [1.82, 2.24) is 0 Å². The Labute approximate surface area is 70.8 Å². The van der Waals surface area contributed by atoms with Crippen LogP contribution in [0.3, 0.4) is 0 Å². The fourth-order valence-electron chi connectivity index (χ4n) is 0.794. The van der Waals surface area contributed by atoms with Gasteiger partial charge in [0, 0.05) is 21.6 Å². The average molecular weight is 175 g/mol. The molecule has 0 amide bonds. The molecule has 0 radical (unpaired) electrons. The highest BCUT2D eigenvalue weighted by Crippen LogP contribution is 2.24. The lowest BCUT2D eigenvalue weighted by Gasteiger charge is -2.01. The number of rotatable bonds is 2. The van der Waals surface area contributed by atoms with Crippen LogP contribution in [0.5, 0.6) is 0 Å². The zero-order chi connectivity index (χ0) is 7.56. The summed E-state index contributed by atoms with van der Waals surface area (Å²) in [6, 6.07) is 4.30. The maximum absolute atomic E-state index is 5.70. The second-order valence-electron chi connectivity index (χ2n) is 2.50. The second kappa shape index (κ2) is 3.40. The maximum Gasteiger partial charge on any atom is 0.0297 e. The van der Waals surface area contributed by atoms with Gasteiger partial charge in [-0.3, -0.25) is 0 Å². The molecule has 2 heteroatoms. The Balaban J connectivity index is 2.74. The van der Waals surface area contributed by atoms with Crippen LogP contribution in [0.2, 0.25) is 0 Å². The summed E-state index contributed by atoms with van der Waals surface area (Å²) in [4.78, 5) is 2.76. The summed E-state index contributed by atoms with van der Waals surface area (Å²) in [5.41, 5.74) is 0. The normalized spacial score (nSPS) is 13.5. The molecular formula is C8H11ClS. The van der Waals surface area contributed by atoms with E-state index < -0.39 is 0 Å². The lowest BCUT2D eigenvalue weighted by Crippen LogP contribution is -1.88. The largest absolute Gasteiger partial charge is 0.145 e. The van der Waals surface area contributed by atoms with E-state index in [4.69, 9.17) is 11.6 Å². The topological polar surface area (TPSA) is 0 Å². The third-order valence-corrected chi connectivity index (χ3v) is 3.17. The molecule has 0 nitrogen and oxygen atoms in total. The molecule has 0 bridgehead atoms. The van der Waals surface area contributed by atoms with E-state index in [1.807, 2.05) is 11.3 Å². The molecule has 0 aliphatic carbocycles. The van der Waals surface area contributed by atoms with Crippen molar-refractivity contribution in [3.8, 4) is 0 Å². The average Bonchev–Trinajstić information content (AvgIpc) is 2.34. The van der Waals surface area contributed by atoms with Crippen LogP contribution in [-0.4, -0.2) is 5.88 Å². The van der Waals surface area contributed by atoms with Crippen LogP contribution in [0.4, 0.5) is 0 Å². The molecule has 0 N–H and O–H groups in total. The molecule has 0 fully saturated rings. The van der Waals surface area contributed by atoms with E-state index in [0.29, 0.717) is 5.92 Å². The van der Waals surface area contributed by atoms with Gasteiger partial charge in [-0.1, -0.05) is 6.92 Å². The molecule has 0 saturated carbocycles. The van der Waals surface area contributed by atoms with Crippen molar-refractivity contribution in [3.63, 3.8) is 0 Å². The van der Waals surface area contributed by atoms with Crippen molar-refractivity contribution in [2.75, 3.05) is 5.88 Å². The van der Waals surface area contributed by atoms with E-state index in [0.717, 1.165) is 5.88 Å². The predicted octanol–water partition coefficient (Wildman–Crippen LogP) is 3.40. The van der Waals surface area contributed by atoms with Gasteiger partial charge < -0.3 is 0 Å². The Hall–Kier alpha value is -0.0100. The summed E-state index contributed by atoms with van der Waals surface area (Å²) >= 11 is 7.54. The van der Waals surface area contributed by atoms with Crippen LogP contribution in [0.25, 0.3) is 0 Å². The Morgan fingerprint density at radius 3 is 2.70 bits per heavy atom. The van der Waals surface area contributed by atoms with Crippen LogP contribution in [-0.2, 0) is 0 Å². The highest BCUT2D eigenvalue weighted by molar-refractivity contribution is 7.12. The molecule has 0 saturated heterocycles. The van der Waals surface area contributed by atoms with Gasteiger partial charge >= 0.3 is 0 Å². The van der Waals surface area contributed by atoms with Crippen molar-refractivity contribution in [1.29, 1.82) is 0 Å². The summed E-state index contributed by atoms with van der Waals surface area (Å²) in [6.07, 6.45) is 0. The molecule has 0 spiro atoms. The summed E-state index contributed by atoms with van der Waals surface area (Å²) in [5.74, 6) is 1.24. The van der Waals surface area contributed by atoms with Gasteiger partial charge in [0.25, 0.3) is 0 Å². The molecule has 1 rings (SSSR count). The van der Waals surface area contributed by atoms with Gasteiger partial charge in [-0.25, -0.2) is 0 Å². The minimum Gasteiger partial charge on any atom is -0.145 e. The van der Waals surface area contributed by atoms with Gasteiger partial charge in [-0.15, -0.1) is 22.9 Å². The van der Waals surface area contributed by atoms with Gasteiger partial charge in [0.2, 0.25) is 0 Å². The van der Waals surface area contributed by atoms with Gasteiger partial charge in [-0.2, -0.15) is 0 Å². The van der Waals surface area contributed by atoms with Crippen LogP contribution in [0, 0.1) is 6.92 Å². The molecule has 1 unspecified atom stereocenters. The predicted molar refractivity (Wildman–Crippen MR) is 48.2 cm³/mol. The van der Waals surface area contributed by atoms with Crippen LogP contribution in [0.1, 0.15) is 22.6 Å². The van der Waals surface area contributed by atoms with Crippen molar-refractivity contribution in [2.24, 2.45) is 0 Å². The molecule has 0 aliphatic rings. The minimum atomic E-state index is 0.514. The minimum absolute atomic E-state index is 0.514. The van der Waals surface area contributed by atoms with Gasteiger partial charge in [0.05, 0.1) is 0 Å². The van der Waals surface area contributed by atoms with E-state index in [-0.39, 0.29) is 0 Å². The Kier molecular flexibility index (Phi) is 2.75. The zero-order valence-electron chi connectivity index (χ0n) is 6.23. The Morgan fingerprint density at radius 1 is 1.60 bits per heavy atom. The second-order valence-corrected chi connectivity index (χ2v) is 4.13. The van der Waals surface area contributed by atoms with Crippen LogP contribution in [0.15, 0.2) is 12.1 Å². The van der Waals surface area contributed by atoms with E-state index in [2.05, 4.69) is 26.0 Å². The molecule has 1 atom stereocenters. The number of hydrogen-bond acceptors (Lipinski definition) is 1. The monoisotopic (exact) mass is 174 g/mol. The molecule has 0 aliphatic heterocycles. The molecule has 1 heterocycles. The zero-order valence-corrected chi connectivity index (χ0v) is 7.80. The Bertz CT molecular complexity index is 205. The van der Waals surface area contributed by atoms with E-state index in [9.17, 15) is 0 Å². The molecule has 0 aromatic carbocycles. The highest BCUT2D eigenvalue weighted by Gasteiger charge is 2.04. The van der Waals surface area contributed by atoms with Gasteiger partial charge in [0.1, 0.15) is 0 Å². The van der Waals surface area contributed by atoms with E-state index in [1.165, 1.54) is 9.75 Å². The lowest BCUT2D eigenvalue weighted by molar-refractivity contribution is 0.899. The molecule has 56 valence electrons. The van der Waals surface area contributed by atoms with Crippen molar-refractivity contribution in [2.45, 2.75) is 19.8 Å². The van der Waals surface area contributed by atoms with Crippen molar-refractivity contribution < 1.29 is 0 Å². The third-order valence-electron chi connectivity index (χ3n) is 1.48. The van der Waals surface area contributed by atoms with Gasteiger partial charge in [-0.05, 0) is 19.1 Å². The summed E-state index contributed by atoms with van der Waals surface area (Å²) in [7, 11) is 0. The van der Waals surface area contributed by atoms with E-state index >= 15 is 0 Å². The lowest BCUT2D eigenvalue weighted by atomic mass is 10.2. The summed E-state index contributed by atoms with van der Waals surface area (Å²) in [5, 5.41) is 0. The molecular weight excluding hydrogens is 164 g/mol. The van der Waals surface area contributed by atoms with Crippen molar-refractivity contribution >= 4 is 22.9 Å². The maximum atomic E-state index is 5.70. The van der Waals surface area contributed by atoms with Crippen LogP contribution >= 0.6 is 22.9 Å². The number of halogens is 1. The highest BCUT2D eigenvalue weighted by atomic mass is 35.5.